The zero-order valence-corrected chi connectivity index (χ0v) is 16.0. The van der Waals surface area contributed by atoms with Crippen LogP contribution in [0.5, 0.6) is 0 Å². The molecule has 0 radical (unpaired) electrons. The largest absolute Gasteiger partial charge is 0.380 e. The van der Waals surface area contributed by atoms with Crippen molar-refractivity contribution in [1.29, 1.82) is 0 Å². The van der Waals surface area contributed by atoms with Gasteiger partial charge in [0.25, 0.3) is 0 Å². The molecule has 2 aromatic carbocycles. The Kier molecular flexibility index (Phi) is 6.10. The maximum absolute atomic E-state index is 12.1. The molecular weight excluding hydrogens is 380 g/mol. The molecule has 1 N–H and O–H groups in total. The van der Waals surface area contributed by atoms with E-state index in [0.717, 1.165) is 41.7 Å². The molecule has 1 saturated heterocycles. The van der Waals surface area contributed by atoms with Gasteiger partial charge in [0.15, 0.2) is 0 Å². The summed E-state index contributed by atoms with van der Waals surface area (Å²) in [5.41, 5.74) is 3.18. The summed E-state index contributed by atoms with van der Waals surface area (Å²) in [6.45, 7) is 1.94. The molecule has 0 aromatic heterocycles. The van der Waals surface area contributed by atoms with Gasteiger partial charge in [0.05, 0.1) is 6.10 Å². The summed E-state index contributed by atoms with van der Waals surface area (Å²) >= 11 is 3.42. The molecule has 1 aliphatic heterocycles. The summed E-state index contributed by atoms with van der Waals surface area (Å²) in [6, 6.07) is 16.1. The smallest absolute Gasteiger partial charge is 0.224 e. The normalized spacial score (nSPS) is 16.9. The molecule has 1 amide bonds. The molecule has 1 fully saturated rings. The Balaban J connectivity index is 1.49. The molecule has 0 saturated carbocycles. The minimum Gasteiger partial charge on any atom is -0.380 e. The summed E-state index contributed by atoms with van der Waals surface area (Å²) < 4.78 is 6.46. The van der Waals surface area contributed by atoms with E-state index in [9.17, 15) is 4.79 Å². The lowest BCUT2D eigenvalue weighted by atomic mass is 10.1. The van der Waals surface area contributed by atoms with Gasteiger partial charge in [-0.15, -0.1) is 0 Å². The van der Waals surface area contributed by atoms with E-state index < -0.39 is 0 Å². The number of carbonyl (C=O) groups excluding carboxylic acids is 1. The average Bonchev–Trinajstić information content (AvgIpc) is 3.11. The van der Waals surface area contributed by atoms with Crippen LogP contribution in [0, 0.1) is 0 Å². The average molecular weight is 403 g/mol. The van der Waals surface area contributed by atoms with Crippen molar-refractivity contribution in [1.82, 2.24) is 0 Å². The number of rotatable bonds is 6. The van der Waals surface area contributed by atoms with Crippen LogP contribution >= 0.6 is 15.9 Å². The molecule has 132 valence electrons. The van der Waals surface area contributed by atoms with Gasteiger partial charge in [0.2, 0.25) is 5.91 Å². The molecule has 1 heterocycles. The van der Waals surface area contributed by atoms with Gasteiger partial charge >= 0.3 is 0 Å². The van der Waals surface area contributed by atoms with Crippen molar-refractivity contribution < 1.29 is 9.53 Å². The molecule has 3 rings (SSSR count). The lowest BCUT2D eigenvalue weighted by molar-refractivity contribution is -0.116. The molecule has 1 atom stereocenters. The van der Waals surface area contributed by atoms with Crippen LogP contribution in [0.15, 0.2) is 53.0 Å². The molecule has 25 heavy (non-hydrogen) atoms. The number of amides is 1. The molecule has 0 aliphatic carbocycles. The number of aryl methyl sites for hydroxylation is 1. The Hall–Kier alpha value is -1.85. The predicted molar refractivity (Wildman–Crippen MR) is 105 cm³/mol. The topological polar surface area (TPSA) is 41.6 Å². The van der Waals surface area contributed by atoms with E-state index in [1.54, 1.807) is 7.11 Å². The predicted octanol–water partition coefficient (Wildman–Crippen LogP) is 4.25. The zero-order chi connectivity index (χ0) is 17.6. The van der Waals surface area contributed by atoms with E-state index in [2.05, 4.69) is 38.3 Å². The van der Waals surface area contributed by atoms with E-state index in [4.69, 9.17) is 4.74 Å². The Morgan fingerprint density at radius 2 is 1.92 bits per heavy atom. The van der Waals surface area contributed by atoms with Gasteiger partial charge in [-0.1, -0.05) is 28.1 Å². The van der Waals surface area contributed by atoms with Gasteiger partial charge in [-0.2, -0.15) is 0 Å². The van der Waals surface area contributed by atoms with Gasteiger partial charge in [0, 0.05) is 42.5 Å². The second kappa shape index (κ2) is 8.50. The first kappa shape index (κ1) is 18.0. The van der Waals surface area contributed by atoms with Crippen LogP contribution in [0.2, 0.25) is 0 Å². The first-order chi connectivity index (χ1) is 12.1. The number of halogens is 1. The number of carbonyl (C=O) groups is 1. The second-order valence-corrected chi connectivity index (χ2v) is 7.23. The number of hydrogen-bond donors (Lipinski definition) is 1. The standard InChI is InChI=1S/C20H23BrN2O2/c1-25-19-12-13-23(14-19)18-9-7-17(8-10-18)22-20(24)11-4-15-2-5-16(21)6-3-15/h2-3,5-10,19H,4,11-14H2,1H3,(H,22,24). The van der Waals surface area contributed by atoms with Crippen molar-refractivity contribution >= 4 is 33.2 Å². The Labute approximate surface area is 157 Å². The van der Waals surface area contributed by atoms with E-state index in [1.807, 2.05) is 36.4 Å². The minimum absolute atomic E-state index is 0.0382. The van der Waals surface area contributed by atoms with Crippen molar-refractivity contribution in [3.8, 4) is 0 Å². The monoisotopic (exact) mass is 402 g/mol. The highest BCUT2D eigenvalue weighted by Crippen LogP contribution is 2.23. The van der Waals surface area contributed by atoms with Gasteiger partial charge in [-0.05, 0) is 54.8 Å². The van der Waals surface area contributed by atoms with Crippen LogP contribution in [-0.4, -0.2) is 32.2 Å². The van der Waals surface area contributed by atoms with Crippen molar-refractivity contribution in [2.45, 2.75) is 25.4 Å². The molecule has 0 spiro atoms. The van der Waals surface area contributed by atoms with Gasteiger partial charge in [0.1, 0.15) is 0 Å². The fraction of sp³-hybridized carbons (Fsp3) is 0.350. The molecule has 5 heteroatoms. The fourth-order valence-electron chi connectivity index (χ4n) is 3.04. The van der Waals surface area contributed by atoms with Crippen molar-refractivity contribution in [3.05, 3.63) is 58.6 Å². The van der Waals surface area contributed by atoms with Crippen LogP contribution in [0.4, 0.5) is 11.4 Å². The highest BCUT2D eigenvalue weighted by molar-refractivity contribution is 9.10. The molecule has 0 bridgehead atoms. The van der Waals surface area contributed by atoms with E-state index >= 15 is 0 Å². The summed E-state index contributed by atoms with van der Waals surface area (Å²) in [5, 5.41) is 2.97. The number of ether oxygens (including phenoxy) is 1. The Morgan fingerprint density at radius 3 is 2.56 bits per heavy atom. The zero-order valence-electron chi connectivity index (χ0n) is 14.4. The third-order valence-electron chi connectivity index (χ3n) is 4.55. The lowest BCUT2D eigenvalue weighted by Crippen LogP contribution is -2.22. The number of nitrogens with one attached hydrogen (secondary N) is 1. The Bertz CT molecular complexity index is 701. The minimum atomic E-state index is 0.0382. The molecule has 1 aliphatic rings. The second-order valence-electron chi connectivity index (χ2n) is 6.31. The van der Waals surface area contributed by atoms with Gasteiger partial charge < -0.3 is 15.0 Å². The van der Waals surface area contributed by atoms with Crippen LogP contribution in [0.3, 0.4) is 0 Å². The quantitative estimate of drug-likeness (QED) is 0.785. The fourth-order valence-corrected chi connectivity index (χ4v) is 3.31. The van der Waals surface area contributed by atoms with E-state index in [-0.39, 0.29) is 5.91 Å². The van der Waals surface area contributed by atoms with E-state index in [1.165, 1.54) is 5.69 Å². The third kappa shape index (κ3) is 5.06. The summed E-state index contributed by atoms with van der Waals surface area (Å²) in [5.74, 6) is 0.0382. The van der Waals surface area contributed by atoms with Crippen molar-refractivity contribution in [2.75, 3.05) is 30.4 Å². The molecule has 1 unspecified atom stereocenters. The maximum Gasteiger partial charge on any atom is 0.224 e. The van der Waals surface area contributed by atoms with Crippen molar-refractivity contribution in [3.63, 3.8) is 0 Å². The van der Waals surface area contributed by atoms with Crippen LogP contribution in [0.1, 0.15) is 18.4 Å². The van der Waals surface area contributed by atoms with Crippen LogP contribution in [0.25, 0.3) is 0 Å². The first-order valence-electron chi connectivity index (χ1n) is 8.56. The maximum atomic E-state index is 12.1. The summed E-state index contributed by atoms with van der Waals surface area (Å²) in [4.78, 5) is 14.4. The highest BCUT2D eigenvalue weighted by atomic mass is 79.9. The van der Waals surface area contributed by atoms with Gasteiger partial charge in [-0.25, -0.2) is 0 Å². The van der Waals surface area contributed by atoms with Crippen LogP contribution in [-0.2, 0) is 16.0 Å². The SMILES string of the molecule is COC1CCN(c2ccc(NC(=O)CCc3ccc(Br)cc3)cc2)C1. The molecule has 4 nitrogen and oxygen atoms in total. The molecule has 2 aromatic rings. The summed E-state index contributed by atoms with van der Waals surface area (Å²) in [6.07, 6.45) is 2.59. The van der Waals surface area contributed by atoms with Crippen molar-refractivity contribution in [2.24, 2.45) is 0 Å². The van der Waals surface area contributed by atoms with Crippen LogP contribution < -0.4 is 10.2 Å². The first-order valence-corrected chi connectivity index (χ1v) is 9.35. The summed E-state index contributed by atoms with van der Waals surface area (Å²) in [7, 11) is 1.76. The number of methoxy groups -OCH3 is 1. The Morgan fingerprint density at radius 1 is 1.20 bits per heavy atom. The number of nitrogens with zero attached hydrogens (tertiary/aromatic N) is 1. The lowest BCUT2D eigenvalue weighted by Gasteiger charge is -2.18. The number of hydrogen-bond acceptors (Lipinski definition) is 3. The van der Waals surface area contributed by atoms with E-state index in [0.29, 0.717) is 12.5 Å². The third-order valence-corrected chi connectivity index (χ3v) is 5.08. The number of anilines is 2. The van der Waals surface area contributed by atoms with Gasteiger partial charge in [-0.3, -0.25) is 4.79 Å². The molecular formula is C20H23BrN2O2. The number of benzene rings is 2. The highest BCUT2D eigenvalue weighted by Gasteiger charge is 2.22.